The van der Waals surface area contributed by atoms with Gasteiger partial charge in [-0.3, -0.25) is 0 Å². The number of hydrogen-bond donors (Lipinski definition) is 0. The summed E-state index contributed by atoms with van der Waals surface area (Å²) in [4.78, 5) is 0. The molecule has 0 saturated heterocycles. The van der Waals surface area contributed by atoms with Gasteiger partial charge in [-0.15, -0.1) is 0 Å². The molecule has 0 fully saturated rings. The molecule has 0 atom stereocenters. The third-order valence-corrected chi connectivity index (χ3v) is 0. The third-order valence-electron chi connectivity index (χ3n) is 0. The van der Waals surface area contributed by atoms with Gasteiger partial charge in [0.05, 0.1) is 0 Å². The van der Waals surface area contributed by atoms with E-state index in [0.717, 1.165) is 0 Å². The maximum absolute atomic E-state index is 2.36. The van der Waals surface area contributed by atoms with Crippen LogP contribution < -0.4 is 24.0 Å². The van der Waals surface area contributed by atoms with Crippen molar-refractivity contribution >= 4 is 13.6 Å². The van der Waals surface area contributed by atoms with Gasteiger partial charge in [-0.05, 0) is 0 Å². The summed E-state index contributed by atoms with van der Waals surface area (Å²) in [6.07, 6.45) is 0. The van der Waals surface area contributed by atoms with Crippen molar-refractivity contribution in [2.24, 2.45) is 0 Å². The van der Waals surface area contributed by atoms with Gasteiger partial charge in [-0.1, -0.05) is 0 Å². The molecule has 0 aliphatic heterocycles. The second kappa shape index (κ2) is 3.31. The molecule has 0 aliphatic rings. The Labute approximate surface area is 60.2 Å². The second-order valence-corrected chi connectivity index (χ2v) is 13.9. The number of hydrogen-bond acceptors (Lipinski definition) is 0. The average Bonchev–Trinajstić information content (AvgIpc) is 0.722. The predicted octanol–water partition coefficient (Wildman–Crippen LogP) is -1.04. The first-order valence-corrected chi connectivity index (χ1v) is 9.30. The van der Waals surface area contributed by atoms with E-state index in [-0.39, 0.29) is 24.0 Å². The molecule has 0 aromatic rings. The maximum Gasteiger partial charge on any atom is -1.00 e. The number of rotatable bonds is 0. The van der Waals surface area contributed by atoms with E-state index in [0.29, 0.717) is 0 Å². The van der Waals surface area contributed by atoms with Gasteiger partial charge in [0.2, 0.25) is 0 Å². The van der Waals surface area contributed by atoms with E-state index in [1.165, 1.54) is 0 Å². The quantitative estimate of drug-likeness (QED) is 0.386. The van der Waals surface area contributed by atoms with E-state index < -0.39 is 13.6 Å². The van der Waals surface area contributed by atoms with Crippen LogP contribution in [0.15, 0.2) is 0 Å². The molecule has 0 radical (unpaired) electrons. The summed E-state index contributed by atoms with van der Waals surface area (Å²) in [7, 11) is 0. The average molecular weight is 262 g/mol. The van der Waals surface area contributed by atoms with E-state index in [1.807, 2.05) is 0 Å². The van der Waals surface area contributed by atoms with Crippen molar-refractivity contribution in [1.82, 2.24) is 0 Å². The third kappa shape index (κ3) is 58.6. The molecule has 0 heterocycles. The van der Waals surface area contributed by atoms with Crippen LogP contribution in [-0.4, -0.2) is 13.6 Å². The molecule has 0 unspecified atom stereocenters. The van der Waals surface area contributed by atoms with Gasteiger partial charge in [-0.2, -0.15) is 0 Å². The molecule has 0 saturated carbocycles. The van der Waals surface area contributed by atoms with Gasteiger partial charge in [0.1, 0.15) is 0 Å². The summed E-state index contributed by atoms with van der Waals surface area (Å²) in [5.74, 6) is 0. The first-order chi connectivity index (χ1) is 2.00. The SMILES string of the molecule is C[As+](C)(C)C.[I-]. The molecule has 0 bridgehead atoms. The minimum atomic E-state index is -0.875. The van der Waals surface area contributed by atoms with Crippen LogP contribution in [0.1, 0.15) is 0 Å². The van der Waals surface area contributed by atoms with Gasteiger partial charge >= 0.3 is 36.4 Å². The van der Waals surface area contributed by atoms with E-state index in [4.69, 9.17) is 0 Å². The van der Waals surface area contributed by atoms with Crippen molar-refractivity contribution in [3.8, 4) is 0 Å². The molecular formula is C4H12AsI. The summed E-state index contributed by atoms with van der Waals surface area (Å²) < 4.78 is 0. The Morgan fingerprint density at radius 2 is 0.833 bits per heavy atom. The Morgan fingerprint density at radius 1 is 0.833 bits per heavy atom. The van der Waals surface area contributed by atoms with Gasteiger partial charge < -0.3 is 24.0 Å². The topological polar surface area (TPSA) is 0 Å². The molecule has 0 spiro atoms. The second-order valence-electron chi connectivity index (χ2n) is 2.68. The molecule has 0 amide bonds. The van der Waals surface area contributed by atoms with E-state index in [2.05, 4.69) is 22.8 Å². The van der Waals surface area contributed by atoms with Crippen molar-refractivity contribution in [2.75, 3.05) is 0 Å². The Balaban J connectivity index is 0. The van der Waals surface area contributed by atoms with Crippen LogP contribution in [0.25, 0.3) is 0 Å². The van der Waals surface area contributed by atoms with Crippen LogP contribution in [0.5, 0.6) is 0 Å². The first kappa shape index (κ1) is 10.3. The maximum atomic E-state index is 2.36. The smallest absolute Gasteiger partial charge is 1.00 e. The Morgan fingerprint density at radius 3 is 0.833 bits per heavy atom. The van der Waals surface area contributed by atoms with E-state index >= 15 is 0 Å². The zero-order valence-corrected chi connectivity index (χ0v) is 8.86. The zero-order valence-electron chi connectivity index (χ0n) is 4.83. The van der Waals surface area contributed by atoms with Crippen molar-refractivity contribution in [1.29, 1.82) is 0 Å². The minimum absolute atomic E-state index is 0. The summed E-state index contributed by atoms with van der Waals surface area (Å²) in [5, 5.41) is 0. The van der Waals surface area contributed by atoms with Crippen LogP contribution in [0.3, 0.4) is 0 Å². The van der Waals surface area contributed by atoms with Crippen molar-refractivity contribution in [3.05, 3.63) is 0 Å². The standard InChI is InChI=1S/C4H12As.HI/c1-5(2,3)4;/h1-4H3;1H/q+1;/p-1. The van der Waals surface area contributed by atoms with Crippen LogP contribution in [-0.2, 0) is 0 Å². The summed E-state index contributed by atoms with van der Waals surface area (Å²) >= 11 is -0.875. The van der Waals surface area contributed by atoms with Gasteiger partial charge in [0.15, 0.2) is 0 Å². The van der Waals surface area contributed by atoms with E-state index in [9.17, 15) is 0 Å². The minimum Gasteiger partial charge on any atom is -1.00 e. The van der Waals surface area contributed by atoms with Crippen LogP contribution in [0.2, 0.25) is 22.8 Å². The first-order valence-electron chi connectivity index (χ1n) is 1.79. The molecule has 6 heavy (non-hydrogen) atoms. The molecule has 0 aliphatic carbocycles. The molecular weight excluding hydrogens is 250 g/mol. The molecule has 2 heteroatoms. The number of halogens is 1. The Bertz CT molecular complexity index is 23.0. The van der Waals surface area contributed by atoms with Gasteiger partial charge in [0, 0.05) is 0 Å². The zero-order chi connectivity index (χ0) is 4.50. The van der Waals surface area contributed by atoms with E-state index in [1.54, 1.807) is 0 Å². The molecule has 0 aromatic carbocycles. The summed E-state index contributed by atoms with van der Waals surface area (Å²) in [6.45, 7) is 0. The van der Waals surface area contributed by atoms with Crippen molar-refractivity contribution < 1.29 is 24.0 Å². The van der Waals surface area contributed by atoms with Crippen LogP contribution in [0.4, 0.5) is 0 Å². The summed E-state index contributed by atoms with van der Waals surface area (Å²) in [6, 6.07) is 0. The van der Waals surface area contributed by atoms with Crippen LogP contribution in [0, 0.1) is 0 Å². The molecule has 0 aromatic heterocycles. The van der Waals surface area contributed by atoms with Crippen LogP contribution >= 0.6 is 0 Å². The predicted molar refractivity (Wildman–Crippen MR) is 29.2 cm³/mol. The van der Waals surface area contributed by atoms with Gasteiger partial charge in [0.25, 0.3) is 0 Å². The van der Waals surface area contributed by atoms with Gasteiger partial charge in [-0.25, -0.2) is 0 Å². The largest absolute Gasteiger partial charge is 1.00 e. The molecule has 0 nitrogen and oxygen atoms in total. The molecule has 40 valence electrons. The summed E-state index contributed by atoms with van der Waals surface area (Å²) in [5.41, 5.74) is 9.44. The molecule has 0 rings (SSSR count). The van der Waals surface area contributed by atoms with Crippen molar-refractivity contribution in [2.45, 2.75) is 22.8 Å². The Hall–Kier alpha value is 1.29. The normalized spacial score (nSPS) is 10.0. The monoisotopic (exact) mass is 262 g/mol. The fourth-order valence-electron chi connectivity index (χ4n) is 0. The van der Waals surface area contributed by atoms with Crippen molar-refractivity contribution in [3.63, 3.8) is 0 Å². The Kier molecular flexibility index (Phi) is 5.69. The molecule has 0 N–H and O–H groups in total. The fraction of sp³-hybridized carbons (Fsp3) is 1.00. The fourth-order valence-corrected chi connectivity index (χ4v) is 0.